The van der Waals surface area contributed by atoms with Gasteiger partial charge >= 0.3 is 6.03 Å². The Hall–Kier alpha value is -3.46. The highest BCUT2D eigenvalue weighted by Gasteiger charge is 2.26. The molecule has 0 saturated heterocycles. The Morgan fingerprint density at radius 2 is 1.94 bits per heavy atom. The minimum absolute atomic E-state index is 0.367. The van der Waals surface area contributed by atoms with Crippen molar-refractivity contribution in [2.45, 2.75) is 12.6 Å². The van der Waals surface area contributed by atoms with Crippen LogP contribution in [0.25, 0.3) is 22.2 Å². The second kappa shape index (κ2) is 7.99. The van der Waals surface area contributed by atoms with E-state index < -0.39 is 6.10 Å². The van der Waals surface area contributed by atoms with Crippen LogP contribution in [0.4, 0.5) is 16.2 Å². The van der Waals surface area contributed by atoms with Crippen molar-refractivity contribution in [1.82, 2.24) is 20.5 Å². The standard InChI is InChI=1S/C22H19ClN6O2/c23-13-4-6-14(7-5-13)26-22(31)27-15-3-1-2-12(8-15)19-16-9-25-29-21(16)28-17-10-24-11-18(30)20(17)19/h1-9,18,24,30H,10-11H2,(H,25,28,29)(H2,26,27,31). The summed E-state index contributed by atoms with van der Waals surface area (Å²) in [5.74, 6) is 0. The summed E-state index contributed by atoms with van der Waals surface area (Å²) in [6, 6.07) is 14.0. The second-order valence-corrected chi connectivity index (χ2v) is 7.73. The van der Waals surface area contributed by atoms with E-state index >= 15 is 0 Å². The van der Waals surface area contributed by atoms with E-state index in [2.05, 4.69) is 31.1 Å². The minimum Gasteiger partial charge on any atom is -0.387 e. The Labute approximate surface area is 182 Å². The number of H-pyrrole nitrogens is 1. The number of carbonyl (C=O) groups is 1. The summed E-state index contributed by atoms with van der Waals surface area (Å²) in [7, 11) is 0. The van der Waals surface area contributed by atoms with Gasteiger partial charge in [0.15, 0.2) is 5.65 Å². The number of nitrogens with one attached hydrogen (secondary N) is 4. The van der Waals surface area contributed by atoms with E-state index in [0.29, 0.717) is 35.1 Å². The maximum Gasteiger partial charge on any atom is 0.323 e. The number of aromatic nitrogens is 3. The normalized spacial score (nSPS) is 15.5. The van der Waals surface area contributed by atoms with Gasteiger partial charge in [-0.1, -0.05) is 23.7 Å². The number of rotatable bonds is 3. The average Bonchev–Trinajstić information content (AvgIpc) is 3.22. The van der Waals surface area contributed by atoms with Crippen molar-refractivity contribution in [2.75, 3.05) is 17.2 Å². The predicted molar refractivity (Wildman–Crippen MR) is 120 cm³/mol. The van der Waals surface area contributed by atoms with Gasteiger partial charge in [0.1, 0.15) is 0 Å². The molecule has 0 aliphatic carbocycles. The zero-order valence-electron chi connectivity index (χ0n) is 16.3. The molecule has 2 amide bonds. The summed E-state index contributed by atoms with van der Waals surface area (Å²) >= 11 is 5.89. The smallest absolute Gasteiger partial charge is 0.323 e. The Morgan fingerprint density at radius 3 is 2.77 bits per heavy atom. The highest BCUT2D eigenvalue weighted by Crippen LogP contribution is 2.38. The monoisotopic (exact) mass is 434 g/mol. The fraction of sp³-hybridized carbons (Fsp3) is 0.136. The third-order valence-electron chi connectivity index (χ3n) is 5.19. The molecule has 1 unspecified atom stereocenters. The van der Waals surface area contributed by atoms with Gasteiger partial charge in [-0.3, -0.25) is 5.10 Å². The molecule has 0 fully saturated rings. The van der Waals surface area contributed by atoms with Crippen LogP contribution in [0.5, 0.6) is 0 Å². The number of aliphatic hydroxyl groups excluding tert-OH is 1. The SMILES string of the molecule is O=C(Nc1ccc(Cl)cc1)Nc1cccc(-c2c3c(nc4[nH]ncc24)CNCC3O)c1. The number of nitrogens with zero attached hydrogens (tertiary/aromatic N) is 2. The molecule has 1 aliphatic rings. The first-order chi connectivity index (χ1) is 15.1. The van der Waals surface area contributed by atoms with E-state index in [1.165, 1.54) is 0 Å². The minimum atomic E-state index is -0.685. The van der Waals surface area contributed by atoms with Crippen LogP contribution < -0.4 is 16.0 Å². The summed E-state index contributed by atoms with van der Waals surface area (Å²) in [6.07, 6.45) is 1.02. The lowest BCUT2D eigenvalue weighted by molar-refractivity contribution is 0.165. The van der Waals surface area contributed by atoms with Crippen LogP contribution in [-0.4, -0.2) is 32.9 Å². The Kier molecular flexibility index (Phi) is 5.03. The van der Waals surface area contributed by atoms with Gasteiger partial charge in [0.25, 0.3) is 0 Å². The van der Waals surface area contributed by atoms with Crippen LogP contribution in [0.2, 0.25) is 5.02 Å². The Bertz CT molecular complexity index is 1270. The van der Waals surface area contributed by atoms with Crippen molar-refractivity contribution < 1.29 is 9.90 Å². The summed E-state index contributed by atoms with van der Waals surface area (Å²) in [6.45, 7) is 1.02. The van der Waals surface area contributed by atoms with Crippen molar-refractivity contribution in [3.63, 3.8) is 0 Å². The number of fused-ring (bicyclic) bond motifs is 2. The van der Waals surface area contributed by atoms with E-state index in [4.69, 9.17) is 11.6 Å². The molecule has 0 spiro atoms. The number of urea groups is 1. The molecule has 5 rings (SSSR count). The van der Waals surface area contributed by atoms with Crippen molar-refractivity contribution in [3.8, 4) is 11.1 Å². The molecule has 156 valence electrons. The molecule has 8 nitrogen and oxygen atoms in total. The molecule has 3 heterocycles. The Morgan fingerprint density at radius 1 is 1.13 bits per heavy atom. The number of β-amino-alcohol motifs (C(OH)–C–C–N with tert-alkyl or cyclic N) is 1. The summed E-state index contributed by atoms with van der Waals surface area (Å²) in [4.78, 5) is 17.0. The lowest BCUT2D eigenvalue weighted by Gasteiger charge is -2.25. The second-order valence-electron chi connectivity index (χ2n) is 7.29. The fourth-order valence-corrected chi connectivity index (χ4v) is 3.97. The largest absolute Gasteiger partial charge is 0.387 e. The van der Waals surface area contributed by atoms with Crippen LogP contribution in [0, 0.1) is 0 Å². The van der Waals surface area contributed by atoms with Gasteiger partial charge in [0, 0.05) is 46.0 Å². The molecule has 2 aromatic heterocycles. The van der Waals surface area contributed by atoms with E-state index in [1.54, 1.807) is 30.5 Å². The number of anilines is 2. The number of aliphatic hydroxyl groups is 1. The van der Waals surface area contributed by atoms with Gasteiger partial charge < -0.3 is 21.1 Å². The third-order valence-corrected chi connectivity index (χ3v) is 5.44. The van der Waals surface area contributed by atoms with Crippen LogP contribution in [0.1, 0.15) is 17.4 Å². The van der Waals surface area contributed by atoms with Gasteiger partial charge in [0.05, 0.1) is 18.0 Å². The summed E-state index contributed by atoms with van der Waals surface area (Å²) in [5, 5.41) is 27.9. The lowest BCUT2D eigenvalue weighted by atomic mass is 9.91. The molecule has 0 radical (unpaired) electrons. The van der Waals surface area contributed by atoms with E-state index in [0.717, 1.165) is 27.8 Å². The molecule has 1 aliphatic heterocycles. The van der Waals surface area contributed by atoms with Gasteiger partial charge in [0.2, 0.25) is 0 Å². The molecule has 4 aromatic rings. The van der Waals surface area contributed by atoms with E-state index in [1.807, 2.05) is 24.3 Å². The zero-order chi connectivity index (χ0) is 21.4. The van der Waals surface area contributed by atoms with Crippen molar-refractivity contribution in [1.29, 1.82) is 0 Å². The van der Waals surface area contributed by atoms with Gasteiger partial charge in [-0.2, -0.15) is 5.10 Å². The quantitative estimate of drug-likeness (QED) is 0.333. The number of carbonyl (C=O) groups excluding carboxylic acids is 1. The van der Waals surface area contributed by atoms with Gasteiger partial charge in [-0.15, -0.1) is 0 Å². The number of amides is 2. The van der Waals surface area contributed by atoms with Crippen molar-refractivity contribution >= 4 is 40.0 Å². The lowest BCUT2D eigenvalue weighted by Crippen LogP contribution is -2.29. The number of benzene rings is 2. The number of hydrogen-bond acceptors (Lipinski definition) is 5. The summed E-state index contributed by atoms with van der Waals surface area (Å²) in [5.41, 5.74) is 5.20. The molecular formula is C22H19ClN6O2. The van der Waals surface area contributed by atoms with Crippen molar-refractivity contribution in [3.05, 3.63) is 71.0 Å². The van der Waals surface area contributed by atoms with Crippen LogP contribution >= 0.6 is 11.6 Å². The predicted octanol–water partition coefficient (Wildman–Crippen LogP) is 4.06. The maximum atomic E-state index is 12.4. The average molecular weight is 435 g/mol. The molecule has 0 saturated carbocycles. The van der Waals surface area contributed by atoms with Crippen LogP contribution in [0.15, 0.2) is 54.7 Å². The first kappa shape index (κ1) is 19.5. The molecule has 5 N–H and O–H groups in total. The van der Waals surface area contributed by atoms with Crippen LogP contribution in [0.3, 0.4) is 0 Å². The fourth-order valence-electron chi connectivity index (χ4n) is 3.85. The van der Waals surface area contributed by atoms with Gasteiger partial charge in [-0.05, 0) is 42.0 Å². The third kappa shape index (κ3) is 3.84. The zero-order valence-corrected chi connectivity index (χ0v) is 17.1. The number of hydrogen-bond donors (Lipinski definition) is 5. The molecule has 31 heavy (non-hydrogen) atoms. The molecular weight excluding hydrogens is 416 g/mol. The Balaban J connectivity index is 1.49. The van der Waals surface area contributed by atoms with E-state index in [-0.39, 0.29) is 6.03 Å². The molecule has 1 atom stereocenters. The van der Waals surface area contributed by atoms with Crippen LogP contribution in [-0.2, 0) is 6.54 Å². The van der Waals surface area contributed by atoms with Gasteiger partial charge in [-0.25, -0.2) is 9.78 Å². The molecule has 2 aromatic carbocycles. The van der Waals surface area contributed by atoms with Crippen molar-refractivity contribution in [2.24, 2.45) is 0 Å². The number of aromatic amines is 1. The maximum absolute atomic E-state index is 12.4. The highest BCUT2D eigenvalue weighted by molar-refractivity contribution is 6.30. The summed E-state index contributed by atoms with van der Waals surface area (Å²) < 4.78 is 0. The molecule has 0 bridgehead atoms. The number of halogens is 1. The first-order valence-corrected chi connectivity index (χ1v) is 10.1. The molecule has 9 heteroatoms. The highest BCUT2D eigenvalue weighted by atomic mass is 35.5. The number of pyridine rings is 1. The topological polar surface area (TPSA) is 115 Å². The first-order valence-electron chi connectivity index (χ1n) is 9.77. The van der Waals surface area contributed by atoms with E-state index in [9.17, 15) is 9.90 Å².